The number of benzene rings is 2. The molecule has 2 aromatic carbocycles. The van der Waals surface area contributed by atoms with Crippen LogP contribution in [0.3, 0.4) is 0 Å². The van der Waals surface area contributed by atoms with Crippen LogP contribution < -0.4 is 56.3 Å². The van der Waals surface area contributed by atoms with Gasteiger partial charge < -0.3 is 1.43 Å². The molecule has 2 aromatic rings. The summed E-state index contributed by atoms with van der Waals surface area (Å²) in [5.41, 5.74) is 2.23. The minimum atomic E-state index is -0.282. The van der Waals surface area contributed by atoms with Crippen LogP contribution >= 0.6 is 0 Å². The van der Waals surface area contributed by atoms with E-state index < -0.39 is 0 Å². The number of imide groups is 1. The summed E-state index contributed by atoms with van der Waals surface area (Å²) in [6, 6.07) is 14.1. The summed E-state index contributed by atoms with van der Waals surface area (Å²) in [6.45, 7) is 3.71. The average molecular weight is 289 g/mol. The Hall–Kier alpha value is -1.04. The van der Waals surface area contributed by atoms with E-state index in [9.17, 15) is 9.59 Å². The molecule has 2 amide bonds. The number of carbonyl (C=O) groups is 2. The zero-order valence-electron chi connectivity index (χ0n) is 12.2. The number of rotatable bonds is 2. The molecule has 0 radical (unpaired) electrons. The van der Waals surface area contributed by atoms with Gasteiger partial charge >= 0.3 is 51.4 Å². The molecular formula is C16H12KNO2. The van der Waals surface area contributed by atoms with Crippen LogP contribution in [0.4, 0.5) is 5.69 Å². The van der Waals surface area contributed by atoms with Gasteiger partial charge in [0.2, 0.25) is 0 Å². The summed E-state index contributed by atoms with van der Waals surface area (Å²) >= 11 is 0. The number of fused-ring (bicyclic) bond motifs is 1. The average Bonchev–Trinajstić information content (AvgIpc) is 2.71. The Morgan fingerprint density at radius 2 is 1.40 bits per heavy atom. The quantitative estimate of drug-likeness (QED) is 0.587. The molecule has 1 heterocycles. The Morgan fingerprint density at radius 1 is 0.900 bits per heavy atom. The molecule has 0 unspecified atom stereocenters. The maximum Gasteiger partial charge on any atom is 1.00 e. The van der Waals surface area contributed by atoms with Crippen molar-refractivity contribution in [2.75, 3.05) is 4.90 Å². The topological polar surface area (TPSA) is 37.4 Å². The predicted octanol–water partition coefficient (Wildman–Crippen LogP) is 0.247. The Labute approximate surface area is 161 Å². The second-order valence-electron chi connectivity index (χ2n) is 4.25. The van der Waals surface area contributed by atoms with Crippen molar-refractivity contribution < 1.29 is 62.4 Å². The summed E-state index contributed by atoms with van der Waals surface area (Å²) in [5.74, 6) is -0.565. The zero-order chi connectivity index (χ0) is 13.4. The van der Waals surface area contributed by atoms with E-state index in [2.05, 4.69) is 6.58 Å². The molecule has 0 saturated heterocycles. The predicted molar refractivity (Wildman–Crippen MR) is 75.2 cm³/mol. The fourth-order valence-electron chi connectivity index (χ4n) is 2.27. The minimum Gasteiger partial charge on any atom is -1.00 e. The van der Waals surface area contributed by atoms with Gasteiger partial charge in [-0.05, 0) is 23.8 Å². The molecule has 3 nitrogen and oxygen atoms in total. The van der Waals surface area contributed by atoms with E-state index >= 15 is 0 Å². The van der Waals surface area contributed by atoms with Crippen LogP contribution in [0.25, 0.3) is 6.08 Å². The van der Waals surface area contributed by atoms with Crippen molar-refractivity contribution in [3.8, 4) is 0 Å². The molecule has 0 atom stereocenters. The Kier molecular flexibility index (Phi) is 4.72. The fraction of sp³-hybridized carbons (Fsp3) is 0. The van der Waals surface area contributed by atoms with Gasteiger partial charge in [0.25, 0.3) is 11.8 Å². The normalized spacial score (nSPS) is 12.9. The van der Waals surface area contributed by atoms with E-state index in [-0.39, 0.29) is 64.6 Å². The Morgan fingerprint density at radius 3 is 1.95 bits per heavy atom. The first kappa shape index (κ1) is 15.3. The van der Waals surface area contributed by atoms with Gasteiger partial charge in [0.15, 0.2) is 0 Å². The largest absolute Gasteiger partial charge is 1.00 e. The van der Waals surface area contributed by atoms with Gasteiger partial charge in [-0.2, -0.15) is 0 Å². The van der Waals surface area contributed by atoms with E-state index in [1.807, 2.05) is 12.1 Å². The standard InChI is InChI=1S/C16H11NO2.K.H/c1-2-11-7-3-6-10-14(11)17-15(18)12-8-4-5-9-13(12)16(17)19;;/h2-10H,1H2;;/q;+1;-1. The summed E-state index contributed by atoms with van der Waals surface area (Å²) < 4.78 is 0. The summed E-state index contributed by atoms with van der Waals surface area (Å²) in [5, 5.41) is 0. The maximum absolute atomic E-state index is 12.3. The van der Waals surface area contributed by atoms with Crippen LogP contribution in [0.2, 0.25) is 0 Å². The molecule has 0 spiro atoms. The van der Waals surface area contributed by atoms with Crippen molar-refractivity contribution >= 4 is 23.6 Å². The second-order valence-corrected chi connectivity index (χ2v) is 4.25. The second kappa shape index (κ2) is 6.16. The van der Waals surface area contributed by atoms with Gasteiger partial charge in [-0.3, -0.25) is 9.59 Å². The number of anilines is 1. The summed E-state index contributed by atoms with van der Waals surface area (Å²) in [6.07, 6.45) is 1.64. The molecule has 0 aliphatic carbocycles. The van der Waals surface area contributed by atoms with E-state index in [0.29, 0.717) is 16.8 Å². The maximum atomic E-state index is 12.3. The monoisotopic (exact) mass is 289 g/mol. The van der Waals surface area contributed by atoms with Crippen LogP contribution in [-0.2, 0) is 0 Å². The molecular weight excluding hydrogens is 277 g/mol. The molecule has 94 valence electrons. The van der Waals surface area contributed by atoms with E-state index in [0.717, 1.165) is 5.56 Å². The van der Waals surface area contributed by atoms with Crippen LogP contribution in [0.15, 0.2) is 55.1 Å². The fourth-order valence-corrected chi connectivity index (χ4v) is 2.27. The van der Waals surface area contributed by atoms with Gasteiger partial charge in [0, 0.05) is 0 Å². The molecule has 0 bridgehead atoms. The molecule has 0 aromatic heterocycles. The van der Waals surface area contributed by atoms with Crippen molar-refractivity contribution in [1.29, 1.82) is 0 Å². The number of hydrogen-bond acceptors (Lipinski definition) is 2. The molecule has 0 fully saturated rings. The van der Waals surface area contributed by atoms with Crippen LogP contribution in [0, 0.1) is 0 Å². The molecule has 0 saturated carbocycles. The van der Waals surface area contributed by atoms with Gasteiger partial charge in [-0.25, -0.2) is 4.90 Å². The number of carbonyl (C=O) groups excluding carboxylic acids is 2. The number of hydrogen-bond donors (Lipinski definition) is 0. The first-order valence-electron chi connectivity index (χ1n) is 5.93. The zero-order valence-corrected chi connectivity index (χ0v) is 14.3. The molecule has 20 heavy (non-hydrogen) atoms. The van der Waals surface area contributed by atoms with Gasteiger partial charge in [0.1, 0.15) is 0 Å². The van der Waals surface area contributed by atoms with Gasteiger partial charge in [-0.15, -0.1) is 0 Å². The molecule has 4 heteroatoms. The van der Waals surface area contributed by atoms with Gasteiger partial charge in [-0.1, -0.05) is 43.0 Å². The molecule has 1 aliphatic rings. The number of amides is 2. The Balaban J connectivity index is 0.00000110. The van der Waals surface area contributed by atoms with Gasteiger partial charge in [0.05, 0.1) is 16.8 Å². The minimum absolute atomic E-state index is 0. The molecule has 0 N–H and O–H groups in total. The first-order chi connectivity index (χ1) is 9.24. The van der Waals surface area contributed by atoms with Crippen LogP contribution in [0.5, 0.6) is 0 Å². The molecule has 3 rings (SSSR count). The third-order valence-electron chi connectivity index (χ3n) is 3.19. The number of para-hydroxylation sites is 1. The SMILES string of the molecule is C=Cc1ccccc1N1C(=O)c2ccccc2C1=O.[H-].[K+]. The van der Waals surface area contributed by atoms with Crippen molar-refractivity contribution in [2.24, 2.45) is 0 Å². The van der Waals surface area contributed by atoms with Crippen LogP contribution in [0.1, 0.15) is 27.7 Å². The number of nitrogens with zero attached hydrogens (tertiary/aromatic N) is 1. The molecule has 1 aliphatic heterocycles. The Bertz CT molecular complexity index is 680. The van der Waals surface area contributed by atoms with E-state index in [1.54, 1.807) is 42.5 Å². The third kappa shape index (κ3) is 2.34. The van der Waals surface area contributed by atoms with Crippen molar-refractivity contribution in [3.63, 3.8) is 0 Å². The smallest absolute Gasteiger partial charge is 1.00 e. The van der Waals surface area contributed by atoms with Crippen molar-refractivity contribution in [3.05, 3.63) is 71.8 Å². The van der Waals surface area contributed by atoms with Crippen molar-refractivity contribution in [1.82, 2.24) is 0 Å². The first-order valence-corrected chi connectivity index (χ1v) is 5.93. The third-order valence-corrected chi connectivity index (χ3v) is 3.19. The van der Waals surface area contributed by atoms with Crippen LogP contribution in [-0.4, -0.2) is 11.8 Å². The summed E-state index contributed by atoms with van der Waals surface area (Å²) in [4.78, 5) is 25.9. The van der Waals surface area contributed by atoms with E-state index in [4.69, 9.17) is 0 Å². The summed E-state index contributed by atoms with van der Waals surface area (Å²) in [7, 11) is 0. The van der Waals surface area contributed by atoms with E-state index in [1.165, 1.54) is 4.90 Å². The van der Waals surface area contributed by atoms with Crippen molar-refractivity contribution in [2.45, 2.75) is 0 Å².